The summed E-state index contributed by atoms with van der Waals surface area (Å²) in [6, 6.07) is 5.62. The van der Waals surface area contributed by atoms with E-state index in [9.17, 15) is 5.11 Å². The Labute approximate surface area is 99.2 Å². The number of nitrogens with one attached hydrogen (secondary N) is 1. The normalized spacial score (nSPS) is 13.1. The first-order chi connectivity index (χ1) is 7.04. The van der Waals surface area contributed by atoms with Crippen LogP contribution in [-0.4, -0.2) is 24.2 Å². The SMILES string of the molecule is CCC(NN(C)C)c1cc(Br)ccc1O. The number of halogens is 1. The zero-order chi connectivity index (χ0) is 11.4. The maximum atomic E-state index is 9.77. The summed E-state index contributed by atoms with van der Waals surface area (Å²) in [4.78, 5) is 0. The largest absolute Gasteiger partial charge is 0.508 e. The van der Waals surface area contributed by atoms with Crippen molar-refractivity contribution in [1.82, 2.24) is 10.4 Å². The van der Waals surface area contributed by atoms with Gasteiger partial charge in [0.05, 0.1) is 0 Å². The molecule has 84 valence electrons. The van der Waals surface area contributed by atoms with Crippen LogP contribution in [0.2, 0.25) is 0 Å². The van der Waals surface area contributed by atoms with E-state index < -0.39 is 0 Å². The first kappa shape index (κ1) is 12.5. The van der Waals surface area contributed by atoms with Crippen LogP contribution in [0, 0.1) is 0 Å². The molecule has 0 heterocycles. The predicted molar refractivity (Wildman–Crippen MR) is 65.7 cm³/mol. The Kier molecular flexibility index (Phi) is 4.57. The Morgan fingerprint density at radius 3 is 2.67 bits per heavy atom. The topological polar surface area (TPSA) is 35.5 Å². The van der Waals surface area contributed by atoms with Crippen molar-refractivity contribution in [3.8, 4) is 5.75 Å². The predicted octanol–water partition coefficient (Wildman–Crippen LogP) is 2.67. The molecule has 0 saturated carbocycles. The van der Waals surface area contributed by atoms with Crippen molar-refractivity contribution in [3.05, 3.63) is 28.2 Å². The zero-order valence-corrected chi connectivity index (χ0v) is 10.9. The molecule has 0 aliphatic rings. The Morgan fingerprint density at radius 2 is 2.13 bits per heavy atom. The van der Waals surface area contributed by atoms with Crippen molar-refractivity contribution in [2.75, 3.05) is 14.1 Å². The lowest BCUT2D eigenvalue weighted by Crippen LogP contribution is -2.34. The molecule has 0 radical (unpaired) electrons. The molecule has 0 bridgehead atoms. The van der Waals surface area contributed by atoms with E-state index in [-0.39, 0.29) is 6.04 Å². The van der Waals surface area contributed by atoms with Gasteiger partial charge in [0, 0.05) is 30.2 Å². The molecule has 1 unspecified atom stereocenters. The second-order valence-electron chi connectivity index (χ2n) is 3.69. The molecule has 0 aliphatic carbocycles. The highest BCUT2D eigenvalue weighted by Crippen LogP contribution is 2.29. The van der Waals surface area contributed by atoms with Crippen molar-refractivity contribution in [3.63, 3.8) is 0 Å². The van der Waals surface area contributed by atoms with Gasteiger partial charge in [0.25, 0.3) is 0 Å². The molecule has 0 amide bonds. The van der Waals surface area contributed by atoms with E-state index in [1.54, 1.807) is 6.07 Å². The standard InChI is InChI=1S/C11H17BrN2O/c1-4-10(13-14(2)3)9-7-8(12)5-6-11(9)15/h5-7,10,13,15H,4H2,1-3H3. The number of rotatable bonds is 4. The second kappa shape index (κ2) is 5.49. The Morgan fingerprint density at radius 1 is 1.47 bits per heavy atom. The van der Waals surface area contributed by atoms with Gasteiger partial charge in [-0.15, -0.1) is 0 Å². The molecule has 0 saturated heterocycles. The third-order valence-corrected chi connectivity index (χ3v) is 2.68. The highest BCUT2D eigenvalue weighted by Gasteiger charge is 2.14. The van der Waals surface area contributed by atoms with Gasteiger partial charge in [-0.3, -0.25) is 5.01 Å². The van der Waals surface area contributed by atoms with Crippen molar-refractivity contribution in [2.24, 2.45) is 0 Å². The van der Waals surface area contributed by atoms with Gasteiger partial charge in [-0.2, -0.15) is 0 Å². The highest BCUT2D eigenvalue weighted by atomic mass is 79.9. The van der Waals surface area contributed by atoms with Gasteiger partial charge in [0.1, 0.15) is 5.75 Å². The molecule has 2 N–H and O–H groups in total. The van der Waals surface area contributed by atoms with Crippen LogP contribution in [0.4, 0.5) is 0 Å². The zero-order valence-electron chi connectivity index (χ0n) is 9.29. The molecule has 1 aromatic carbocycles. The first-order valence-corrected chi connectivity index (χ1v) is 5.75. The lowest BCUT2D eigenvalue weighted by atomic mass is 10.0. The lowest BCUT2D eigenvalue weighted by Gasteiger charge is -2.23. The Bertz CT molecular complexity index is 328. The Balaban J connectivity index is 2.95. The number of phenolic OH excluding ortho intramolecular Hbond substituents is 1. The van der Waals surface area contributed by atoms with E-state index in [0.717, 1.165) is 16.5 Å². The van der Waals surface area contributed by atoms with E-state index in [0.29, 0.717) is 5.75 Å². The molecule has 1 atom stereocenters. The van der Waals surface area contributed by atoms with Gasteiger partial charge < -0.3 is 5.11 Å². The summed E-state index contributed by atoms with van der Waals surface area (Å²) >= 11 is 3.41. The fourth-order valence-electron chi connectivity index (χ4n) is 1.50. The molecular weight excluding hydrogens is 256 g/mol. The van der Waals surface area contributed by atoms with E-state index >= 15 is 0 Å². The molecule has 0 aliphatic heterocycles. The van der Waals surface area contributed by atoms with E-state index in [1.807, 2.05) is 31.2 Å². The van der Waals surface area contributed by atoms with Crippen LogP contribution in [0.25, 0.3) is 0 Å². The van der Waals surface area contributed by atoms with Gasteiger partial charge in [-0.05, 0) is 24.6 Å². The number of nitrogens with zero attached hydrogens (tertiary/aromatic N) is 1. The lowest BCUT2D eigenvalue weighted by molar-refractivity contribution is 0.236. The average molecular weight is 273 g/mol. The smallest absolute Gasteiger partial charge is 0.120 e. The van der Waals surface area contributed by atoms with Gasteiger partial charge >= 0.3 is 0 Å². The molecule has 0 spiro atoms. The van der Waals surface area contributed by atoms with Crippen LogP contribution in [0.15, 0.2) is 22.7 Å². The molecule has 0 aromatic heterocycles. The molecular formula is C11H17BrN2O. The summed E-state index contributed by atoms with van der Waals surface area (Å²) in [7, 11) is 3.88. The van der Waals surface area contributed by atoms with Gasteiger partial charge in [-0.1, -0.05) is 22.9 Å². The van der Waals surface area contributed by atoms with Crippen LogP contribution in [0.5, 0.6) is 5.75 Å². The molecule has 15 heavy (non-hydrogen) atoms. The third-order valence-electron chi connectivity index (χ3n) is 2.19. The highest BCUT2D eigenvalue weighted by molar-refractivity contribution is 9.10. The molecule has 3 nitrogen and oxygen atoms in total. The fourth-order valence-corrected chi connectivity index (χ4v) is 1.88. The van der Waals surface area contributed by atoms with Crippen molar-refractivity contribution in [2.45, 2.75) is 19.4 Å². The van der Waals surface area contributed by atoms with Crippen LogP contribution in [-0.2, 0) is 0 Å². The Hall–Kier alpha value is -0.580. The van der Waals surface area contributed by atoms with Gasteiger partial charge in [-0.25, -0.2) is 5.43 Å². The van der Waals surface area contributed by atoms with Crippen molar-refractivity contribution < 1.29 is 5.11 Å². The maximum absolute atomic E-state index is 9.77. The minimum Gasteiger partial charge on any atom is -0.508 e. The minimum absolute atomic E-state index is 0.137. The van der Waals surface area contributed by atoms with E-state index in [1.165, 1.54) is 0 Å². The van der Waals surface area contributed by atoms with Gasteiger partial charge in [0.2, 0.25) is 0 Å². The van der Waals surface area contributed by atoms with Crippen LogP contribution < -0.4 is 5.43 Å². The average Bonchev–Trinajstić information content (AvgIpc) is 2.18. The van der Waals surface area contributed by atoms with Crippen LogP contribution in [0.3, 0.4) is 0 Å². The maximum Gasteiger partial charge on any atom is 0.120 e. The monoisotopic (exact) mass is 272 g/mol. The van der Waals surface area contributed by atoms with E-state index in [4.69, 9.17) is 0 Å². The number of hydrogen-bond donors (Lipinski definition) is 2. The van der Waals surface area contributed by atoms with Crippen molar-refractivity contribution >= 4 is 15.9 Å². The second-order valence-corrected chi connectivity index (χ2v) is 4.60. The molecule has 0 fully saturated rings. The minimum atomic E-state index is 0.137. The summed E-state index contributed by atoms with van der Waals surface area (Å²) in [5.41, 5.74) is 4.18. The summed E-state index contributed by atoms with van der Waals surface area (Å²) < 4.78 is 0.981. The third kappa shape index (κ3) is 3.48. The molecule has 1 rings (SSSR count). The van der Waals surface area contributed by atoms with Crippen LogP contribution >= 0.6 is 15.9 Å². The number of hydrazine groups is 1. The van der Waals surface area contributed by atoms with E-state index in [2.05, 4.69) is 28.3 Å². The quantitative estimate of drug-likeness (QED) is 0.828. The van der Waals surface area contributed by atoms with Crippen molar-refractivity contribution in [1.29, 1.82) is 0 Å². The number of hydrogen-bond acceptors (Lipinski definition) is 3. The van der Waals surface area contributed by atoms with Gasteiger partial charge in [0.15, 0.2) is 0 Å². The molecule has 4 heteroatoms. The summed E-state index contributed by atoms with van der Waals surface area (Å²) in [5.74, 6) is 0.333. The molecule has 1 aromatic rings. The number of phenols is 1. The summed E-state index contributed by atoms with van der Waals surface area (Å²) in [5, 5.41) is 11.7. The summed E-state index contributed by atoms with van der Waals surface area (Å²) in [6.07, 6.45) is 0.919. The number of benzene rings is 1. The first-order valence-electron chi connectivity index (χ1n) is 4.96. The van der Waals surface area contributed by atoms with Crippen LogP contribution in [0.1, 0.15) is 24.9 Å². The summed E-state index contributed by atoms with van der Waals surface area (Å²) in [6.45, 7) is 2.08. The fraction of sp³-hybridized carbons (Fsp3) is 0.455. The number of aromatic hydroxyl groups is 1.